The molecule has 1 aromatic carbocycles. The lowest BCUT2D eigenvalue weighted by Gasteiger charge is -2.13. The van der Waals surface area contributed by atoms with E-state index >= 15 is 0 Å². The third kappa shape index (κ3) is 4.70. The maximum Gasteiger partial charge on any atom is 0.230 e. The molecule has 1 amide bonds. The molecule has 1 atom stereocenters. The van der Waals surface area contributed by atoms with Crippen molar-refractivity contribution in [1.29, 1.82) is 0 Å². The van der Waals surface area contributed by atoms with E-state index in [1.165, 1.54) is 11.8 Å². The largest absolute Gasteiger partial charge is 0.494 e. The Labute approximate surface area is 146 Å². The molecule has 0 fully saturated rings. The fraction of sp³-hybridized carbons (Fsp3) is 0.500. The van der Waals surface area contributed by atoms with Crippen LogP contribution in [0.1, 0.15) is 32.3 Å². The van der Waals surface area contributed by atoms with Crippen molar-refractivity contribution in [3.8, 4) is 11.4 Å². The summed E-state index contributed by atoms with van der Waals surface area (Å²) < 4.78 is 6.98. The van der Waals surface area contributed by atoms with E-state index in [-0.39, 0.29) is 17.7 Å². The van der Waals surface area contributed by atoms with E-state index in [0.29, 0.717) is 10.9 Å². The van der Waals surface area contributed by atoms with Gasteiger partial charge in [-0.05, 0) is 48.4 Å². The van der Waals surface area contributed by atoms with Gasteiger partial charge in [0.25, 0.3) is 0 Å². The molecule has 0 saturated heterocycles. The number of rotatable bonds is 8. The number of hydrogen-bond donors (Lipinski definition) is 1. The van der Waals surface area contributed by atoms with Gasteiger partial charge in [-0.1, -0.05) is 31.2 Å². The highest BCUT2D eigenvalue weighted by Crippen LogP contribution is 2.26. The average Bonchev–Trinajstić information content (AvgIpc) is 3.01. The van der Waals surface area contributed by atoms with Crippen molar-refractivity contribution in [1.82, 2.24) is 25.5 Å². The van der Waals surface area contributed by atoms with Gasteiger partial charge in [-0.25, -0.2) is 0 Å². The minimum atomic E-state index is -0.0216. The SMILES string of the molecule is CCC[C@H](C)NC(=O)CSc1nnnn1-c1cc(C)ccc1OC. The second-order valence-electron chi connectivity index (χ2n) is 5.59. The molecule has 0 aliphatic carbocycles. The number of tetrazole rings is 1. The molecule has 7 nitrogen and oxygen atoms in total. The quantitative estimate of drug-likeness (QED) is 0.737. The number of methoxy groups -OCH3 is 1. The molecule has 1 aromatic heterocycles. The predicted molar refractivity (Wildman–Crippen MR) is 93.7 cm³/mol. The Morgan fingerprint density at radius 3 is 2.96 bits per heavy atom. The van der Waals surface area contributed by atoms with E-state index in [1.807, 2.05) is 32.0 Å². The number of thioether (sulfide) groups is 1. The summed E-state index contributed by atoms with van der Waals surface area (Å²) in [5, 5.41) is 15.3. The van der Waals surface area contributed by atoms with Gasteiger partial charge in [-0.3, -0.25) is 4.79 Å². The fourth-order valence-corrected chi connectivity index (χ4v) is 3.03. The van der Waals surface area contributed by atoms with E-state index in [2.05, 4.69) is 27.8 Å². The smallest absolute Gasteiger partial charge is 0.230 e. The number of aromatic nitrogens is 4. The van der Waals surface area contributed by atoms with E-state index in [0.717, 1.165) is 24.1 Å². The Morgan fingerprint density at radius 1 is 1.46 bits per heavy atom. The molecule has 0 aliphatic heterocycles. The molecule has 130 valence electrons. The molecular weight excluding hydrogens is 326 g/mol. The Kier molecular flexibility index (Phi) is 6.60. The maximum atomic E-state index is 12.0. The van der Waals surface area contributed by atoms with Crippen LogP contribution < -0.4 is 10.1 Å². The van der Waals surface area contributed by atoms with Crippen molar-refractivity contribution in [2.75, 3.05) is 12.9 Å². The van der Waals surface area contributed by atoms with E-state index < -0.39 is 0 Å². The first-order valence-corrected chi connectivity index (χ1v) is 8.89. The van der Waals surface area contributed by atoms with Gasteiger partial charge in [-0.15, -0.1) is 5.10 Å². The first kappa shape index (κ1) is 18.3. The Bertz CT molecular complexity index is 689. The highest BCUT2D eigenvalue weighted by Gasteiger charge is 2.15. The van der Waals surface area contributed by atoms with Crippen LogP contribution in [0.15, 0.2) is 23.4 Å². The zero-order valence-corrected chi connectivity index (χ0v) is 15.3. The van der Waals surface area contributed by atoms with Gasteiger partial charge in [0.15, 0.2) is 0 Å². The van der Waals surface area contributed by atoms with Gasteiger partial charge >= 0.3 is 0 Å². The number of hydrogen-bond acceptors (Lipinski definition) is 6. The normalized spacial score (nSPS) is 12.0. The topological polar surface area (TPSA) is 81.9 Å². The number of amides is 1. The molecule has 8 heteroatoms. The Hall–Kier alpha value is -2.09. The lowest BCUT2D eigenvalue weighted by molar-refractivity contribution is -0.119. The molecule has 0 radical (unpaired) electrons. The fourth-order valence-electron chi connectivity index (χ4n) is 2.34. The molecule has 0 unspecified atom stereocenters. The van der Waals surface area contributed by atoms with Crippen LogP contribution in [0.25, 0.3) is 5.69 Å². The van der Waals surface area contributed by atoms with Crippen LogP contribution in [0.4, 0.5) is 0 Å². The molecular formula is C16H23N5O2S. The second-order valence-corrected chi connectivity index (χ2v) is 6.54. The highest BCUT2D eigenvalue weighted by atomic mass is 32.2. The highest BCUT2D eigenvalue weighted by molar-refractivity contribution is 7.99. The lowest BCUT2D eigenvalue weighted by Crippen LogP contribution is -2.33. The van der Waals surface area contributed by atoms with Crippen LogP contribution >= 0.6 is 11.8 Å². The monoisotopic (exact) mass is 349 g/mol. The van der Waals surface area contributed by atoms with Crippen LogP contribution in [-0.4, -0.2) is 45.0 Å². The maximum absolute atomic E-state index is 12.0. The van der Waals surface area contributed by atoms with Crippen LogP contribution in [0.3, 0.4) is 0 Å². The number of benzene rings is 1. The number of nitrogens with zero attached hydrogens (tertiary/aromatic N) is 4. The van der Waals surface area contributed by atoms with Gasteiger partial charge in [0.1, 0.15) is 11.4 Å². The zero-order valence-electron chi connectivity index (χ0n) is 14.4. The minimum absolute atomic E-state index is 0.0216. The molecule has 0 saturated carbocycles. The lowest BCUT2D eigenvalue weighted by atomic mass is 10.2. The summed E-state index contributed by atoms with van der Waals surface area (Å²) in [6.07, 6.45) is 2.01. The first-order valence-electron chi connectivity index (χ1n) is 7.90. The average molecular weight is 349 g/mol. The molecule has 0 spiro atoms. The summed E-state index contributed by atoms with van der Waals surface area (Å²) in [6, 6.07) is 5.96. The molecule has 2 rings (SSSR count). The summed E-state index contributed by atoms with van der Waals surface area (Å²) in [6.45, 7) is 6.09. The van der Waals surface area contributed by atoms with E-state index in [1.54, 1.807) is 11.8 Å². The van der Waals surface area contributed by atoms with E-state index in [9.17, 15) is 4.79 Å². The van der Waals surface area contributed by atoms with Gasteiger partial charge in [0.2, 0.25) is 11.1 Å². The molecule has 2 aromatic rings. The number of carbonyl (C=O) groups excluding carboxylic acids is 1. The van der Waals surface area contributed by atoms with Crippen molar-refractivity contribution in [2.24, 2.45) is 0 Å². The minimum Gasteiger partial charge on any atom is -0.494 e. The number of nitrogens with one attached hydrogen (secondary N) is 1. The zero-order chi connectivity index (χ0) is 17.5. The molecule has 1 N–H and O–H groups in total. The number of aryl methyl sites for hydroxylation is 1. The van der Waals surface area contributed by atoms with Gasteiger partial charge < -0.3 is 10.1 Å². The molecule has 0 bridgehead atoms. The standard InChI is InChI=1S/C16H23N5O2S/c1-5-6-12(3)17-15(22)10-24-16-18-19-20-21(16)13-9-11(2)7-8-14(13)23-4/h7-9,12H,5-6,10H2,1-4H3,(H,17,22)/t12-/m0/s1. The van der Waals surface area contributed by atoms with E-state index in [4.69, 9.17) is 4.74 Å². The summed E-state index contributed by atoms with van der Waals surface area (Å²) in [5.74, 6) is 0.921. The van der Waals surface area contributed by atoms with Crippen LogP contribution in [-0.2, 0) is 4.79 Å². The number of ether oxygens (including phenoxy) is 1. The summed E-state index contributed by atoms with van der Waals surface area (Å²) in [5.41, 5.74) is 1.83. The second kappa shape index (κ2) is 8.68. The first-order chi connectivity index (χ1) is 11.5. The molecule has 24 heavy (non-hydrogen) atoms. The van der Waals surface area contributed by atoms with Gasteiger partial charge in [0.05, 0.1) is 12.9 Å². The van der Waals surface area contributed by atoms with Crippen molar-refractivity contribution in [3.63, 3.8) is 0 Å². The van der Waals surface area contributed by atoms with Crippen LogP contribution in [0.5, 0.6) is 5.75 Å². The summed E-state index contributed by atoms with van der Waals surface area (Å²) in [7, 11) is 1.61. The van der Waals surface area contributed by atoms with Crippen molar-refractivity contribution in [3.05, 3.63) is 23.8 Å². The molecule has 1 heterocycles. The van der Waals surface area contributed by atoms with Crippen LogP contribution in [0, 0.1) is 6.92 Å². The summed E-state index contributed by atoms with van der Waals surface area (Å²) >= 11 is 1.30. The third-order valence-corrected chi connectivity index (χ3v) is 4.38. The van der Waals surface area contributed by atoms with Gasteiger partial charge in [-0.2, -0.15) is 4.68 Å². The third-order valence-electron chi connectivity index (χ3n) is 3.46. The predicted octanol–water partition coefficient (Wildman–Crippen LogP) is 2.38. The molecule has 0 aliphatic rings. The Balaban J connectivity index is 2.08. The number of carbonyl (C=O) groups is 1. The Morgan fingerprint density at radius 2 is 2.25 bits per heavy atom. The van der Waals surface area contributed by atoms with Crippen molar-refractivity contribution < 1.29 is 9.53 Å². The van der Waals surface area contributed by atoms with Crippen molar-refractivity contribution >= 4 is 17.7 Å². The summed E-state index contributed by atoms with van der Waals surface area (Å²) in [4.78, 5) is 12.0. The van der Waals surface area contributed by atoms with Crippen molar-refractivity contribution in [2.45, 2.75) is 44.8 Å². The van der Waals surface area contributed by atoms with Gasteiger partial charge in [0, 0.05) is 6.04 Å². The van der Waals surface area contributed by atoms with Crippen LogP contribution in [0.2, 0.25) is 0 Å².